The van der Waals surface area contributed by atoms with Crippen LogP contribution in [-0.4, -0.2) is 52.9 Å². The summed E-state index contributed by atoms with van der Waals surface area (Å²) in [4.78, 5) is 30.9. The van der Waals surface area contributed by atoms with Gasteiger partial charge in [0.15, 0.2) is 0 Å². The number of rotatable bonds is 4. The van der Waals surface area contributed by atoms with Crippen molar-refractivity contribution in [1.29, 1.82) is 0 Å². The molecular formula is C22H30N4O2. The number of nitrogens with zero attached hydrogens (tertiary/aromatic N) is 2. The number of likely N-dealkylation sites (tertiary alicyclic amines) is 2. The molecule has 0 unspecified atom stereocenters. The SMILES string of the molecule is NC(=O)N1CCC(C2CCN(C(=O)CCc3ccc4[nH]ccc4c3)CC2)CC1. The van der Waals surface area contributed by atoms with Crippen LogP contribution in [0.1, 0.15) is 37.7 Å². The molecule has 0 atom stereocenters. The van der Waals surface area contributed by atoms with Gasteiger partial charge in [0, 0.05) is 44.3 Å². The van der Waals surface area contributed by atoms with Crippen LogP contribution >= 0.6 is 0 Å². The van der Waals surface area contributed by atoms with Crippen LogP contribution in [0.3, 0.4) is 0 Å². The minimum Gasteiger partial charge on any atom is -0.361 e. The Bertz CT molecular complexity index is 830. The zero-order valence-corrected chi connectivity index (χ0v) is 16.4. The number of amides is 3. The largest absolute Gasteiger partial charge is 0.361 e. The fraction of sp³-hybridized carbons (Fsp3) is 0.545. The molecule has 0 bridgehead atoms. The van der Waals surface area contributed by atoms with E-state index in [4.69, 9.17) is 5.73 Å². The molecule has 6 nitrogen and oxygen atoms in total. The van der Waals surface area contributed by atoms with Gasteiger partial charge < -0.3 is 20.5 Å². The van der Waals surface area contributed by atoms with E-state index in [0.717, 1.165) is 63.8 Å². The minimum absolute atomic E-state index is 0.274. The van der Waals surface area contributed by atoms with E-state index in [1.807, 2.05) is 11.1 Å². The maximum absolute atomic E-state index is 12.6. The Balaban J connectivity index is 1.22. The Morgan fingerprint density at radius 2 is 1.61 bits per heavy atom. The van der Waals surface area contributed by atoms with E-state index in [-0.39, 0.29) is 11.9 Å². The molecule has 2 aromatic rings. The number of aryl methyl sites for hydroxylation is 1. The van der Waals surface area contributed by atoms with Gasteiger partial charge in [-0.25, -0.2) is 4.79 Å². The third-order valence-corrected chi connectivity index (χ3v) is 6.66. The summed E-state index contributed by atoms with van der Waals surface area (Å²) in [5, 5.41) is 1.20. The summed E-state index contributed by atoms with van der Waals surface area (Å²) in [6.45, 7) is 3.31. The highest BCUT2D eigenvalue weighted by molar-refractivity contribution is 5.80. The summed E-state index contributed by atoms with van der Waals surface area (Å²) in [6, 6.07) is 8.14. The summed E-state index contributed by atoms with van der Waals surface area (Å²) < 4.78 is 0. The number of benzene rings is 1. The Hall–Kier alpha value is -2.50. The molecule has 2 aliphatic rings. The van der Waals surface area contributed by atoms with E-state index in [1.165, 1.54) is 10.9 Å². The fourth-order valence-corrected chi connectivity index (χ4v) is 4.88. The minimum atomic E-state index is -0.297. The second-order valence-corrected chi connectivity index (χ2v) is 8.28. The number of aromatic amines is 1. The number of hydrogen-bond donors (Lipinski definition) is 2. The third kappa shape index (κ3) is 4.16. The van der Waals surface area contributed by atoms with E-state index < -0.39 is 0 Å². The van der Waals surface area contributed by atoms with Crippen molar-refractivity contribution in [3.8, 4) is 0 Å². The highest BCUT2D eigenvalue weighted by Crippen LogP contribution is 2.32. The molecule has 2 fully saturated rings. The van der Waals surface area contributed by atoms with Gasteiger partial charge in [-0.05, 0) is 73.1 Å². The van der Waals surface area contributed by atoms with Gasteiger partial charge in [0.1, 0.15) is 0 Å². The zero-order chi connectivity index (χ0) is 19.5. The monoisotopic (exact) mass is 382 g/mol. The van der Waals surface area contributed by atoms with Gasteiger partial charge in [0.2, 0.25) is 5.91 Å². The number of aromatic nitrogens is 1. The van der Waals surface area contributed by atoms with Crippen LogP contribution in [0, 0.1) is 11.8 Å². The molecule has 1 aromatic heterocycles. The molecule has 28 heavy (non-hydrogen) atoms. The second-order valence-electron chi connectivity index (χ2n) is 8.28. The Labute approximate surface area is 166 Å². The van der Waals surface area contributed by atoms with Crippen molar-refractivity contribution in [2.75, 3.05) is 26.2 Å². The van der Waals surface area contributed by atoms with Crippen LogP contribution in [0.5, 0.6) is 0 Å². The van der Waals surface area contributed by atoms with Crippen molar-refractivity contribution in [2.24, 2.45) is 17.6 Å². The molecule has 0 spiro atoms. The predicted molar refractivity (Wildman–Crippen MR) is 110 cm³/mol. The summed E-state index contributed by atoms with van der Waals surface area (Å²) in [7, 11) is 0. The van der Waals surface area contributed by atoms with Gasteiger partial charge >= 0.3 is 6.03 Å². The summed E-state index contributed by atoms with van der Waals surface area (Å²) in [5.41, 5.74) is 7.73. The van der Waals surface area contributed by atoms with Crippen LogP contribution in [0.25, 0.3) is 10.9 Å². The number of H-pyrrole nitrogens is 1. The van der Waals surface area contributed by atoms with Crippen LogP contribution in [0.4, 0.5) is 4.79 Å². The van der Waals surface area contributed by atoms with Gasteiger partial charge in [-0.2, -0.15) is 0 Å². The first kappa shape index (κ1) is 18.8. The van der Waals surface area contributed by atoms with Crippen molar-refractivity contribution in [1.82, 2.24) is 14.8 Å². The molecule has 0 aliphatic carbocycles. The first-order valence-electron chi connectivity index (χ1n) is 10.5. The molecular weight excluding hydrogens is 352 g/mol. The predicted octanol–water partition coefficient (Wildman–Crippen LogP) is 3.13. The molecule has 0 radical (unpaired) electrons. The highest BCUT2D eigenvalue weighted by Gasteiger charge is 2.31. The fourth-order valence-electron chi connectivity index (χ4n) is 4.88. The number of hydrogen-bond acceptors (Lipinski definition) is 2. The van der Waals surface area contributed by atoms with Crippen molar-refractivity contribution in [2.45, 2.75) is 38.5 Å². The Morgan fingerprint density at radius 1 is 0.964 bits per heavy atom. The van der Waals surface area contributed by atoms with E-state index in [2.05, 4.69) is 29.2 Å². The van der Waals surface area contributed by atoms with Gasteiger partial charge in [-0.3, -0.25) is 4.79 Å². The number of carbonyl (C=O) groups excluding carboxylic acids is 2. The Morgan fingerprint density at radius 3 is 2.25 bits per heavy atom. The maximum Gasteiger partial charge on any atom is 0.314 e. The molecule has 3 amide bonds. The van der Waals surface area contributed by atoms with Crippen molar-refractivity contribution in [3.05, 3.63) is 36.0 Å². The number of primary amides is 1. The molecule has 2 aliphatic heterocycles. The topological polar surface area (TPSA) is 82.4 Å². The van der Waals surface area contributed by atoms with Gasteiger partial charge in [0.25, 0.3) is 0 Å². The Kier molecular flexibility index (Phi) is 5.55. The first-order valence-corrected chi connectivity index (χ1v) is 10.5. The highest BCUT2D eigenvalue weighted by atomic mass is 16.2. The van der Waals surface area contributed by atoms with Crippen LogP contribution < -0.4 is 5.73 Å². The van der Waals surface area contributed by atoms with Crippen LogP contribution in [0.15, 0.2) is 30.5 Å². The maximum atomic E-state index is 12.6. The average molecular weight is 383 g/mol. The number of carbonyl (C=O) groups is 2. The van der Waals surface area contributed by atoms with Crippen molar-refractivity contribution in [3.63, 3.8) is 0 Å². The lowest BCUT2D eigenvalue weighted by Gasteiger charge is -2.39. The summed E-state index contributed by atoms with van der Waals surface area (Å²) >= 11 is 0. The second kappa shape index (κ2) is 8.25. The van der Waals surface area contributed by atoms with E-state index >= 15 is 0 Å². The lowest BCUT2D eigenvalue weighted by molar-refractivity contribution is -0.132. The van der Waals surface area contributed by atoms with E-state index in [1.54, 1.807) is 4.90 Å². The molecule has 4 rings (SSSR count). The zero-order valence-electron chi connectivity index (χ0n) is 16.4. The van der Waals surface area contributed by atoms with Crippen molar-refractivity contribution >= 4 is 22.8 Å². The van der Waals surface area contributed by atoms with Crippen LogP contribution in [-0.2, 0) is 11.2 Å². The molecule has 2 saturated heterocycles. The average Bonchev–Trinajstić information content (AvgIpc) is 3.20. The smallest absolute Gasteiger partial charge is 0.314 e. The molecule has 1 aromatic carbocycles. The normalized spacial score (nSPS) is 19.3. The van der Waals surface area contributed by atoms with Gasteiger partial charge in [-0.15, -0.1) is 0 Å². The van der Waals surface area contributed by atoms with E-state index in [9.17, 15) is 9.59 Å². The molecule has 0 saturated carbocycles. The molecule has 3 N–H and O–H groups in total. The molecule has 6 heteroatoms. The number of nitrogens with one attached hydrogen (secondary N) is 1. The number of nitrogens with two attached hydrogens (primary N) is 1. The quantitative estimate of drug-likeness (QED) is 0.852. The standard InChI is InChI=1S/C22H30N4O2/c23-22(28)26-13-8-18(9-14-26)17-6-11-25(12-7-17)21(27)4-2-16-1-3-20-19(15-16)5-10-24-20/h1,3,5,10,15,17-18,24H,2,4,6-9,11-14H2,(H2,23,28). The molecule has 3 heterocycles. The molecule has 150 valence electrons. The first-order chi connectivity index (χ1) is 13.6. The van der Waals surface area contributed by atoms with E-state index in [0.29, 0.717) is 18.3 Å². The lowest BCUT2D eigenvalue weighted by atomic mass is 9.79. The summed E-state index contributed by atoms with van der Waals surface area (Å²) in [5.74, 6) is 1.62. The number of urea groups is 1. The van der Waals surface area contributed by atoms with Crippen LogP contribution in [0.2, 0.25) is 0 Å². The van der Waals surface area contributed by atoms with Gasteiger partial charge in [0.05, 0.1) is 0 Å². The number of fused-ring (bicyclic) bond motifs is 1. The van der Waals surface area contributed by atoms with Gasteiger partial charge in [-0.1, -0.05) is 6.07 Å². The van der Waals surface area contributed by atoms with Crippen molar-refractivity contribution < 1.29 is 9.59 Å². The lowest BCUT2D eigenvalue weighted by Crippen LogP contribution is -2.45. The summed E-state index contributed by atoms with van der Waals surface area (Å²) in [6.07, 6.45) is 7.58. The number of piperidine rings is 2. The third-order valence-electron chi connectivity index (χ3n) is 6.66.